The summed E-state index contributed by atoms with van der Waals surface area (Å²) < 4.78 is 29.8. The summed E-state index contributed by atoms with van der Waals surface area (Å²) in [6.45, 7) is 4.04. The lowest BCUT2D eigenvalue weighted by molar-refractivity contribution is 0.183. The van der Waals surface area contributed by atoms with Gasteiger partial charge in [0.2, 0.25) is 0 Å². The standard InChI is InChI=1S/C29H33NO4S/c1-32-26-10-12-28-23(21-26)5-11-27(22-13-19-35(31)20-14-22)29(28)34-25-8-6-24(7-9-25)33-18-17-30-15-3-2-4-16-30/h5-13,21H,2-4,14-20H2,1H3. The normalized spacial score (nSPS) is 18.8. The van der Waals surface area contributed by atoms with Crippen molar-refractivity contribution in [3.63, 3.8) is 0 Å². The van der Waals surface area contributed by atoms with Gasteiger partial charge >= 0.3 is 0 Å². The van der Waals surface area contributed by atoms with E-state index in [4.69, 9.17) is 14.2 Å². The molecule has 1 saturated heterocycles. The van der Waals surface area contributed by atoms with Crippen LogP contribution in [0.25, 0.3) is 16.3 Å². The first-order valence-electron chi connectivity index (χ1n) is 12.5. The first-order valence-corrected chi connectivity index (χ1v) is 14.0. The zero-order valence-corrected chi connectivity index (χ0v) is 21.1. The maximum Gasteiger partial charge on any atom is 0.142 e. The Hall–Kier alpha value is -2.83. The predicted octanol–water partition coefficient (Wildman–Crippen LogP) is 6.04. The number of likely N-dealkylation sites (tertiary alicyclic amines) is 1. The molecule has 2 heterocycles. The molecule has 1 unspecified atom stereocenters. The molecule has 0 N–H and O–H groups in total. The van der Waals surface area contributed by atoms with Gasteiger partial charge in [-0.3, -0.25) is 9.11 Å². The molecule has 5 nitrogen and oxygen atoms in total. The van der Waals surface area contributed by atoms with E-state index in [0.29, 0.717) is 18.1 Å². The first kappa shape index (κ1) is 23.9. The van der Waals surface area contributed by atoms with Crippen LogP contribution in [-0.4, -0.2) is 54.0 Å². The average Bonchev–Trinajstić information content (AvgIpc) is 2.91. The van der Waals surface area contributed by atoms with E-state index in [2.05, 4.69) is 23.1 Å². The maximum absolute atomic E-state index is 11.9. The minimum Gasteiger partial charge on any atom is -0.497 e. The number of rotatable bonds is 8. The van der Waals surface area contributed by atoms with E-state index in [-0.39, 0.29) is 0 Å². The van der Waals surface area contributed by atoms with Crippen LogP contribution >= 0.6 is 0 Å². The fraction of sp³-hybridized carbons (Fsp3) is 0.379. The average molecular weight is 492 g/mol. The van der Waals surface area contributed by atoms with Crippen LogP contribution in [0.3, 0.4) is 0 Å². The van der Waals surface area contributed by atoms with Crippen molar-refractivity contribution >= 4 is 27.1 Å². The first-order chi connectivity index (χ1) is 17.2. The quantitative estimate of drug-likeness (QED) is 0.384. The third-order valence-corrected chi connectivity index (χ3v) is 8.00. The number of fused-ring (bicyclic) bond motifs is 1. The van der Waals surface area contributed by atoms with Crippen LogP contribution in [0.15, 0.2) is 60.7 Å². The predicted molar refractivity (Wildman–Crippen MR) is 143 cm³/mol. The molecule has 0 radical (unpaired) electrons. The summed E-state index contributed by atoms with van der Waals surface area (Å²) in [6.07, 6.45) is 6.82. The molecule has 1 atom stereocenters. The number of methoxy groups -OCH3 is 1. The topological polar surface area (TPSA) is 48.0 Å². The van der Waals surface area contributed by atoms with Crippen molar-refractivity contribution in [2.45, 2.75) is 25.7 Å². The van der Waals surface area contributed by atoms with E-state index in [1.807, 2.05) is 42.5 Å². The number of hydrogen-bond acceptors (Lipinski definition) is 5. The monoisotopic (exact) mass is 491 g/mol. The molecule has 2 aliphatic rings. The number of benzene rings is 3. The molecule has 3 aromatic carbocycles. The molecule has 0 amide bonds. The van der Waals surface area contributed by atoms with Crippen molar-refractivity contribution in [3.8, 4) is 23.0 Å². The highest BCUT2D eigenvalue weighted by Crippen LogP contribution is 2.40. The van der Waals surface area contributed by atoms with Gasteiger partial charge in [0.15, 0.2) is 0 Å². The van der Waals surface area contributed by atoms with Crippen molar-refractivity contribution in [1.29, 1.82) is 0 Å². The largest absolute Gasteiger partial charge is 0.497 e. The molecule has 0 saturated carbocycles. The summed E-state index contributed by atoms with van der Waals surface area (Å²) in [5.74, 6) is 4.54. The summed E-state index contributed by atoms with van der Waals surface area (Å²) in [6, 6.07) is 18.1. The lowest BCUT2D eigenvalue weighted by atomic mass is 9.97. The van der Waals surface area contributed by atoms with Gasteiger partial charge in [0.1, 0.15) is 29.6 Å². The molecule has 0 aliphatic carbocycles. The smallest absolute Gasteiger partial charge is 0.142 e. The Morgan fingerprint density at radius 3 is 2.43 bits per heavy atom. The van der Waals surface area contributed by atoms with Crippen molar-refractivity contribution < 1.29 is 18.4 Å². The van der Waals surface area contributed by atoms with Gasteiger partial charge in [-0.2, -0.15) is 0 Å². The molecular weight excluding hydrogens is 458 g/mol. The van der Waals surface area contributed by atoms with Crippen LogP contribution in [0.2, 0.25) is 0 Å². The van der Waals surface area contributed by atoms with E-state index in [1.165, 1.54) is 37.9 Å². The van der Waals surface area contributed by atoms with Crippen molar-refractivity contribution in [2.75, 3.05) is 44.9 Å². The van der Waals surface area contributed by atoms with E-state index < -0.39 is 10.8 Å². The Balaban J connectivity index is 1.36. The lowest BCUT2D eigenvalue weighted by Crippen LogP contribution is -2.33. The van der Waals surface area contributed by atoms with E-state index >= 15 is 0 Å². The summed E-state index contributed by atoms with van der Waals surface area (Å²) in [4.78, 5) is 2.48. The number of piperidine rings is 1. The molecule has 0 aromatic heterocycles. The fourth-order valence-corrected chi connectivity index (χ4v) is 5.82. The lowest BCUT2D eigenvalue weighted by Gasteiger charge is -2.26. The highest BCUT2D eigenvalue weighted by Gasteiger charge is 2.18. The van der Waals surface area contributed by atoms with Crippen LogP contribution in [-0.2, 0) is 10.8 Å². The molecule has 5 rings (SSSR count). The second-order valence-corrected chi connectivity index (χ2v) is 10.8. The Morgan fingerprint density at radius 2 is 1.69 bits per heavy atom. The van der Waals surface area contributed by atoms with Gasteiger partial charge in [0.05, 0.1) is 7.11 Å². The summed E-state index contributed by atoms with van der Waals surface area (Å²) in [7, 11) is 0.908. The van der Waals surface area contributed by atoms with Gasteiger partial charge in [0.25, 0.3) is 0 Å². The zero-order chi connectivity index (χ0) is 24.0. The van der Waals surface area contributed by atoms with Crippen LogP contribution in [0.4, 0.5) is 0 Å². The summed E-state index contributed by atoms with van der Waals surface area (Å²) in [5, 5.41) is 2.08. The van der Waals surface area contributed by atoms with Gasteiger partial charge in [-0.1, -0.05) is 24.6 Å². The van der Waals surface area contributed by atoms with E-state index in [1.54, 1.807) is 7.11 Å². The number of ether oxygens (including phenoxy) is 3. The Labute approximate surface area is 210 Å². The zero-order valence-electron chi connectivity index (χ0n) is 20.3. The van der Waals surface area contributed by atoms with Crippen molar-refractivity contribution in [1.82, 2.24) is 4.90 Å². The highest BCUT2D eigenvalue weighted by atomic mass is 32.2. The molecule has 184 valence electrons. The third-order valence-electron chi connectivity index (χ3n) is 6.81. The molecule has 0 spiro atoms. The molecular formula is C29H33NO4S. The SMILES string of the molecule is COc1ccc2c(Oc3ccc(OCCN4CCCCC4)cc3)c(C3=CCS(=O)CC3)ccc2c1. The van der Waals surface area contributed by atoms with Gasteiger partial charge in [-0.25, -0.2) is 0 Å². The second kappa shape index (κ2) is 11.3. The van der Waals surface area contributed by atoms with Crippen LogP contribution in [0.5, 0.6) is 23.0 Å². The minimum atomic E-state index is -0.769. The fourth-order valence-electron chi connectivity index (χ4n) is 4.81. The second-order valence-electron chi connectivity index (χ2n) is 9.14. The van der Waals surface area contributed by atoms with Gasteiger partial charge < -0.3 is 14.2 Å². The Bertz CT molecular complexity index is 1220. The number of nitrogens with zero attached hydrogens (tertiary/aromatic N) is 1. The summed E-state index contributed by atoms with van der Waals surface area (Å²) in [5.41, 5.74) is 2.25. The molecule has 2 aliphatic heterocycles. The van der Waals surface area contributed by atoms with Crippen molar-refractivity contribution in [2.24, 2.45) is 0 Å². The van der Waals surface area contributed by atoms with Crippen LogP contribution in [0, 0.1) is 0 Å². The third kappa shape index (κ3) is 5.88. The molecule has 3 aromatic rings. The van der Waals surface area contributed by atoms with Crippen molar-refractivity contribution in [3.05, 3.63) is 66.2 Å². The van der Waals surface area contributed by atoms with Gasteiger partial charge in [-0.15, -0.1) is 0 Å². The molecule has 0 bridgehead atoms. The van der Waals surface area contributed by atoms with Crippen LogP contribution < -0.4 is 14.2 Å². The number of hydrogen-bond donors (Lipinski definition) is 0. The molecule has 35 heavy (non-hydrogen) atoms. The highest BCUT2D eigenvalue weighted by molar-refractivity contribution is 7.85. The minimum absolute atomic E-state index is 0.596. The van der Waals surface area contributed by atoms with E-state index in [9.17, 15) is 4.21 Å². The summed E-state index contributed by atoms with van der Waals surface area (Å²) >= 11 is 0. The van der Waals surface area contributed by atoms with Gasteiger partial charge in [-0.05, 0) is 85.8 Å². The molecule has 1 fully saturated rings. The Morgan fingerprint density at radius 1 is 0.914 bits per heavy atom. The van der Waals surface area contributed by atoms with Gasteiger partial charge in [0, 0.05) is 39.8 Å². The van der Waals surface area contributed by atoms with Crippen LogP contribution in [0.1, 0.15) is 31.2 Å². The Kier molecular flexibility index (Phi) is 7.69. The molecule has 6 heteroatoms. The maximum atomic E-state index is 11.9. The number of allylic oxidation sites excluding steroid dienone is 1. The van der Waals surface area contributed by atoms with E-state index in [0.717, 1.165) is 52.3 Å².